The number of aromatic nitrogens is 2. The second-order valence-corrected chi connectivity index (χ2v) is 10.6. The van der Waals surface area contributed by atoms with Gasteiger partial charge in [0.1, 0.15) is 41.8 Å². The van der Waals surface area contributed by atoms with Gasteiger partial charge in [-0.25, -0.2) is 9.97 Å². The van der Waals surface area contributed by atoms with Crippen molar-refractivity contribution in [1.82, 2.24) is 9.97 Å². The number of alkyl halides is 3. The molecule has 1 fully saturated rings. The molecular weight excluding hydrogens is 583 g/mol. The first-order chi connectivity index (χ1) is 20.9. The average Bonchev–Trinajstić information content (AvgIpc) is 3.00. The number of benzene rings is 2. The van der Waals surface area contributed by atoms with Gasteiger partial charge < -0.3 is 45.9 Å². The molecule has 3 heterocycles. The van der Waals surface area contributed by atoms with Crippen LogP contribution in [-0.4, -0.2) is 80.0 Å². The molecule has 0 bridgehead atoms. The monoisotopic (exact) mass is 615 g/mol. The summed E-state index contributed by atoms with van der Waals surface area (Å²) in [6.45, 7) is 3.16. The van der Waals surface area contributed by atoms with Crippen molar-refractivity contribution >= 4 is 29.1 Å². The lowest BCUT2D eigenvalue weighted by molar-refractivity contribution is -0.277. The van der Waals surface area contributed by atoms with E-state index in [2.05, 4.69) is 4.98 Å². The average molecular weight is 616 g/mol. The van der Waals surface area contributed by atoms with Gasteiger partial charge >= 0.3 is 6.18 Å². The summed E-state index contributed by atoms with van der Waals surface area (Å²) in [5, 5.41) is 48.1. The molecule has 234 valence electrons. The SMILES string of the molecule is CCC1C=C(C)c2c(N)nc(-c3cc(OC4OC(CO)C(O)C(O)C4O)ccc3C=N)nc2N1c1ccc(C(F)(F)F)cc1. The normalized spacial score (nSPS) is 25.3. The van der Waals surface area contributed by atoms with Crippen LogP contribution in [0.2, 0.25) is 0 Å². The third-order valence-corrected chi connectivity index (χ3v) is 7.73. The van der Waals surface area contributed by atoms with E-state index in [1.807, 2.05) is 19.9 Å². The van der Waals surface area contributed by atoms with Crippen LogP contribution in [0.3, 0.4) is 0 Å². The van der Waals surface area contributed by atoms with Crippen LogP contribution in [0.25, 0.3) is 17.0 Å². The largest absolute Gasteiger partial charge is 0.462 e. The van der Waals surface area contributed by atoms with Crippen molar-refractivity contribution in [2.24, 2.45) is 0 Å². The smallest absolute Gasteiger partial charge is 0.416 e. The molecule has 44 heavy (non-hydrogen) atoms. The van der Waals surface area contributed by atoms with Crippen molar-refractivity contribution in [3.63, 3.8) is 0 Å². The van der Waals surface area contributed by atoms with E-state index in [1.165, 1.54) is 30.3 Å². The van der Waals surface area contributed by atoms with E-state index in [4.69, 9.17) is 25.6 Å². The van der Waals surface area contributed by atoms with Crippen molar-refractivity contribution in [2.75, 3.05) is 17.2 Å². The Hall–Kier alpha value is -4.08. The van der Waals surface area contributed by atoms with E-state index in [-0.39, 0.29) is 23.4 Å². The number of ether oxygens (including phenoxy) is 2. The number of aliphatic hydroxyl groups is 4. The minimum atomic E-state index is -4.50. The fraction of sp³-hybridized carbons (Fsp3) is 0.367. The number of nitrogens with zero attached hydrogens (tertiary/aromatic N) is 3. The van der Waals surface area contributed by atoms with Crippen LogP contribution >= 0.6 is 0 Å². The molecular formula is C30H32F3N5O6. The van der Waals surface area contributed by atoms with Crippen molar-refractivity contribution < 1.29 is 43.1 Å². The van der Waals surface area contributed by atoms with Gasteiger partial charge in [0.05, 0.1) is 23.8 Å². The number of aliphatic hydroxyl groups excluding tert-OH is 4. The third kappa shape index (κ3) is 5.74. The Morgan fingerprint density at radius 2 is 1.77 bits per heavy atom. The Balaban J connectivity index is 1.58. The Kier molecular flexibility index (Phi) is 8.64. The topological polar surface area (TPSA) is 178 Å². The number of rotatable bonds is 7. The molecule has 6 unspecified atom stereocenters. The van der Waals surface area contributed by atoms with Gasteiger partial charge in [-0.3, -0.25) is 0 Å². The zero-order valence-corrected chi connectivity index (χ0v) is 23.7. The second-order valence-electron chi connectivity index (χ2n) is 10.6. The molecule has 0 amide bonds. The van der Waals surface area contributed by atoms with Gasteiger partial charge in [-0.1, -0.05) is 13.0 Å². The van der Waals surface area contributed by atoms with E-state index in [0.717, 1.165) is 23.9 Å². The number of allylic oxidation sites excluding steroid dienone is 1. The third-order valence-electron chi connectivity index (χ3n) is 7.73. The maximum absolute atomic E-state index is 13.3. The summed E-state index contributed by atoms with van der Waals surface area (Å²) >= 11 is 0. The maximum atomic E-state index is 13.3. The predicted molar refractivity (Wildman–Crippen MR) is 155 cm³/mol. The van der Waals surface area contributed by atoms with Crippen LogP contribution in [-0.2, 0) is 10.9 Å². The molecule has 1 aromatic heterocycles. The zero-order chi connectivity index (χ0) is 31.9. The number of nitrogens with one attached hydrogen (secondary N) is 1. The fourth-order valence-corrected chi connectivity index (χ4v) is 5.39. The fourth-order valence-electron chi connectivity index (χ4n) is 5.39. The molecule has 14 heteroatoms. The number of hydrogen-bond acceptors (Lipinski definition) is 11. The lowest BCUT2D eigenvalue weighted by Gasteiger charge is -2.39. The summed E-state index contributed by atoms with van der Waals surface area (Å²) in [4.78, 5) is 11.1. The molecule has 0 radical (unpaired) electrons. The highest BCUT2D eigenvalue weighted by atomic mass is 19.4. The Bertz CT molecular complexity index is 1570. The molecule has 6 atom stereocenters. The molecule has 0 aliphatic carbocycles. The van der Waals surface area contributed by atoms with E-state index < -0.39 is 49.1 Å². The van der Waals surface area contributed by atoms with E-state index in [0.29, 0.717) is 34.6 Å². The first-order valence-electron chi connectivity index (χ1n) is 13.8. The molecule has 11 nitrogen and oxygen atoms in total. The quantitative estimate of drug-likeness (QED) is 0.216. The van der Waals surface area contributed by atoms with Crippen molar-refractivity contribution in [3.05, 3.63) is 65.2 Å². The Morgan fingerprint density at radius 1 is 1.07 bits per heavy atom. The van der Waals surface area contributed by atoms with Gasteiger partial charge in [0.15, 0.2) is 5.82 Å². The highest BCUT2D eigenvalue weighted by Crippen LogP contribution is 2.43. The molecule has 1 saturated heterocycles. The molecule has 2 aliphatic heterocycles. The van der Waals surface area contributed by atoms with E-state index in [9.17, 15) is 33.6 Å². The first kappa shape index (κ1) is 31.3. The van der Waals surface area contributed by atoms with Gasteiger partial charge in [-0.2, -0.15) is 13.2 Å². The summed E-state index contributed by atoms with van der Waals surface area (Å²) in [5.41, 5.74) is 8.13. The van der Waals surface area contributed by atoms with Gasteiger partial charge in [0.25, 0.3) is 0 Å². The zero-order valence-electron chi connectivity index (χ0n) is 23.7. The molecule has 0 saturated carbocycles. The van der Waals surface area contributed by atoms with Crippen LogP contribution in [0.1, 0.15) is 37.0 Å². The summed E-state index contributed by atoms with van der Waals surface area (Å²) in [6, 6.07) is 9.00. The predicted octanol–water partition coefficient (Wildman–Crippen LogP) is 3.25. The van der Waals surface area contributed by atoms with Gasteiger partial charge in [-0.05, 0) is 61.4 Å². The molecule has 3 aromatic rings. The molecule has 5 rings (SSSR count). The summed E-state index contributed by atoms with van der Waals surface area (Å²) < 4.78 is 51.1. The van der Waals surface area contributed by atoms with Crippen LogP contribution < -0.4 is 15.4 Å². The van der Waals surface area contributed by atoms with Crippen LogP contribution in [0.5, 0.6) is 5.75 Å². The summed E-state index contributed by atoms with van der Waals surface area (Å²) in [5.74, 6) is 0.703. The van der Waals surface area contributed by atoms with Crippen LogP contribution in [0.4, 0.5) is 30.5 Å². The van der Waals surface area contributed by atoms with E-state index in [1.54, 1.807) is 4.90 Å². The highest BCUT2D eigenvalue weighted by molar-refractivity contribution is 5.91. The van der Waals surface area contributed by atoms with Gasteiger partial charge in [0.2, 0.25) is 6.29 Å². The number of nitrogen functional groups attached to an aromatic ring is 1. The molecule has 7 N–H and O–H groups in total. The molecule has 0 spiro atoms. The lowest BCUT2D eigenvalue weighted by atomic mass is 9.96. The number of nitrogens with two attached hydrogens (primary N) is 1. The summed E-state index contributed by atoms with van der Waals surface area (Å²) in [7, 11) is 0. The Morgan fingerprint density at radius 3 is 2.39 bits per heavy atom. The Labute approximate surface area is 250 Å². The number of hydrogen-bond donors (Lipinski definition) is 6. The maximum Gasteiger partial charge on any atom is 0.416 e. The number of fused-ring (bicyclic) bond motifs is 1. The summed E-state index contributed by atoms with van der Waals surface area (Å²) in [6.07, 6.45) is -8.35. The van der Waals surface area contributed by atoms with Gasteiger partial charge in [0, 0.05) is 23.0 Å². The highest BCUT2D eigenvalue weighted by Gasteiger charge is 2.44. The molecule has 2 aromatic carbocycles. The van der Waals surface area contributed by atoms with Crippen molar-refractivity contribution in [1.29, 1.82) is 5.41 Å². The number of halogens is 3. The van der Waals surface area contributed by atoms with E-state index >= 15 is 0 Å². The lowest BCUT2D eigenvalue weighted by Crippen LogP contribution is -2.60. The minimum absolute atomic E-state index is 0.0977. The standard InChI is InChI=1S/C30H32F3N5O6/c1-3-17-10-14(2)22-26(35)36-27(37-28(22)38(17)18-7-5-16(6-8-18)30(31,32)33)20-11-19(9-4-15(20)12-34)43-29-25(42)24(41)23(40)21(13-39)44-29/h4-12,17,21,23-25,29,34,39-42H,3,13H2,1-2H3,(H2,35,36,37). The molecule has 2 aliphatic rings. The van der Waals surface area contributed by atoms with Crippen LogP contribution in [0.15, 0.2) is 48.5 Å². The van der Waals surface area contributed by atoms with Gasteiger partial charge in [-0.15, -0.1) is 0 Å². The second kappa shape index (κ2) is 12.1. The van der Waals surface area contributed by atoms with Crippen molar-refractivity contribution in [2.45, 2.75) is 63.2 Å². The minimum Gasteiger partial charge on any atom is -0.462 e. The van der Waals surface area contributed by atoms with Crippen molar-refractivity contribution in [3.8, 4) is 17.1 Å². The number of anilines is 3. The van der Waals surface area contributed by atoms with Crippen LogP contribution in [0, 0.1) is 5.41 Å². The first-order valence-corrected chi connectivity index (χ1v) is 13.8.